The molecule has 2 aliphatic rings. The van der Waals surface area contributed by atoms with Crippen molar-refractivity contribution in [3.8, 4) is 5.75 Å². The molecule has 7 heteroatoms. The molecule has 2 fully saturated rings. The Hall–Kier alpha value is -1.79. The van der Waals surface area contributed by atoms with Crippen LogP contribution >= 0.6 is 11.6 Å². The molecule has 1 aromatic carbocycles. The molecular formula is C23H34ClN3O3. The second kappa shape index (κ2) is 10.0. The van der Waals surface area contributed by atoms with Gasteiger partial charge in [0.2, 0.25) is 5.91 Å². The number of carbonyl (C=O) groups is 2. The highest BCUT2D eigenvalue weighted by molar-refractivity contribution is 6.32. The van der Waals surface area contributed by atoms with Gasteiger partial charge in [-0.1, -0.05) is 32.4 Å². The molecule has 0 saturated carbocycles. The third kappa shape index (κ3) is 6.61. The van der Waals surface area contributed by atoms with Crippen LogP contribution in [0.4, 0.5) is 0 Å². The van der Waals surface area contributed by atoms with E-state index in [4.69, 9.17) is 16.3 Å². The minimum absolute atomic E-state index is 0.121. The second-order valence-corrected chi connectivity index (χ2v) is 10.0. The molecule has 0 bridgehead atoms. The van der Waals surface area contributed by atoms with E-state index in [-0.39, 0.29) is 17.9 Å². The van der Waals surface area contributed by atoms with Crippen molar-refractivity contribution in [3.05, 3.63) is 28.8 Å². The number of nitrogens with one attached hydrogen (secondary N) is 2. The number of piperidine rings is 1. The number of hydrogen-bond acceptors (Lipinski definition) is 4. The topological polar surface area (TPSA) is 70.7 Å². The first kappa shape index (κ1) is 22.9. The van der Waals surface area contributed by atoms with Gasteiger partial charge < -0.3 is 20.3 Å². The van der Waals surface area contributed by atoms with Crippen LogP contribution in [0.2, 0.25) is 5.02 Å². The molecule has 2 aliphatic heterocycles. The number of benzene rings is 1. The number of hydrogen-bond donors (Lipinski definition) is 2. The van der Waals surface area contributed by atoms with Crippen molar-refractivity contribution in [2.45, 2.75) is 65.0 Å². The number of amides is 2. The minimum atomic E-state index is -0.493. The molecule has 0 aliphatic carbocycles. The standard InChI is InChI=1S/C23H34ClN3O3/c1-23(2,3)15-27-12-9-17(10-13-27)30-20-8-7-16(14-18(20)24)21(28)26-19-6-4-5-11-25-22(19)29/h7-8,14,17,19H,4-6,9-13,15H2,1-3H3,(H,25,29)(H,26,28)/t19-/m0/s1. The van der Waals surface area contributed by atoms with Crippen molar-refractivity contribution in [1.29, 1.82) is 0 Å². The number of carbonyl (C=O) groups excluding carboxylic acids is 2. The van der Waals surface area contributed by atoms with Gasteiger partial charge in [-0.25, -0.2) is 0 Å². The number of rotatable bonds is 5. The van der Waals surface area contributed by atoms with Crippen molar-refractivity contribution < 1.29 is 14.3 Å². The quantitative estimate of drug-likeness (QED) is 0.740. The van der Waals surface area contributed by atoms with Gasteiger partial charge in [0.05, 0.1) is 5.02 Å². The highest BCUT2D eigenvalue weighted by atomic mass is 35.5. The number of likely N-dealkylation sites (tertiary alicyclic amines) is 1. The highest BCUT2D eigenvalue weighted by Gasteiger charge is 2.25. The summed E-state index contributed by atoms with van der Waals surface area (Å²) in [4.78, 5) is 27.1. The van der Waals surface area contributed by atoms with Gasteiger partial charge in [-0.15, -0.1) is 0 Å². The van der Waals surface area contributed by atoms with Gasteiger partial charge in [0.1, 0.15) is 17.9 Å². The normalized spacial score (nSPS) is 21.6. The molecule has 1 aromatic rings. The monoisotopic (exact) mass is 435 g/mol. The molecule has 0 aromatic heterocycles. The number of halogens is 1. The van der Waals surface area contributed by atoms with Gasteiger partial charge in [-0.2, -0.15) is 0 Å². The molecule has 2 saturated heterocycles. The molecule has 30 heavy (non-hydrogen) atoms. The average molecular weight is 436 g/mol. The van der Waals surface area contributed by atoms with Gasteiger partial charge >= 0.3 is 0 Å². The lowest BCUT2D eigenvalue weighted by Gasteiger charge is -2.36. The Labute approximate surface area is 184 Å². The third-order valence-corrected chi connectivity index (χ3v) is 5.86. The molecule has 2 amide bonds. The summed E-state index contributed by atoms with van der Waals surface area (Å²) in [6.45, 7) is 10.6. The fourth-order valence-electron chi connectivity index (χ4n) is 4.09. The molecule has 6 nitrogen and oxygen atoms in total. The molecule has 1 atom stereocenters. The maximum atomic E-state index is 12.6. The lowest BCUT2D eigenvalue weighted by atomic mass is 9.94. The van der Waals surface area contributed by atoms with Crippen molar-refractivity contribution >= 4 is 23.4 Å². The van der Waals surface area contributed by atoms with Crippen molar-refractivity contribution in [3.63, 3.8) is 0 Å². The average Bonchev–Trinajstić information content (AvgIpc) is 2.88. The summed E-state index contributed by atoms with van der Waals surface area (Å²) in [6.07, 6.45) is 4.56. The fraction of sp³-hybridized carbons (Fsp3) is 0.652. The molecule has 3 rings (SSSR count). The van der Waals surface area contributed by atoms with Crippen LogP contribution in [-0.2, 0) is 4.79 Å². The Morgan fingerprint density at radius 1 is 1.23 bits per heavy atom. The van der Waals surface area contributed by atoms with E-state index in [0.717, 1.165) is 45.3 Å². The van der Waals surface area contributed by atoms with Crippen LogP contribution < -0.4 is 15.4 Å². The summed E-state index contributed by atoms with van der Waals surface area (Å²) in [5.41, 5.74) is 0.731. The lowest BCUT2D eigenvalue weighted by Crippen LogP contribution is -2.45. The largest absolute Gasteiger partial charge is 0.489 e. The number of ether oxygens (including phenoxy) is 1. The number of nitrogens with zero attached hydrogens (tertiary/aromatic N) is 1. The first-order valence-electron chi connectivity index (χ1n) is 11.0. The zero-order valence-corrected chi connectivity index (χ0v) is 19.1. The van der Waals surface area contributed by atoms with Crippen LogP contribution in [0.5, 0.6) is 5.75 Å². The summed E-state index contributed by atoms with van der Waals surface area (Å²) in [5.74, 6) is 0.195. The zero-order valence-electron chi connectivity index (χ0n) is 18.3. The summed E-state index contributed by atoms with van der Waals surface area (Å²) in [7, 11) is 0. The Kier molecular flexibility index (Phi) is 7.64. The first-order chi connectivity index (χ1) is 14.2. The summed E-state index contributed by atoms with van der Waals surface area (Å²) in [6, 6.07) is 4.59. The summed E-state index contributed by atoms with van der Waals surface area (Å²) < 4.78 is 6.13. The van der Waals surface area contributed by atoms with Crippen LogP contribution in [0.3, 0.4) is 0 Å². The van der Waals surface area contributed by atoms with E-state index in [9.17, 15) is 9.59 Å². The molecule has 0 unspecified atom stereocenters. The van der Waals surface area contributed by atoms with Gasteiger partial charge in [0.25, 0.3) is 5.91 Å². The summed E-state index contributed by atoms with van der Waals surface area (Å²) >= 11 is 6.41. The van der Waals surface area contributed by atoms with E-state index in [2.05, 4.69) is 36.3 Å². The Bertz CT molecular complexity index is 755. The van der Waals surface area contributed by atoms with Crippen LogP contribution in [-0.4, -0.2) is 55.0 Å². The van der Waals surface area contributed by atoms with Crippen molar-refractivity contribution in [1.82, 2.24) is 15.5 Å². The third-order valence-electron chi connectivity index (χ3n) is 5.56. The maximum Gasteiger partial charge on any atom is 0.251 e. The molecule has 2 heterocycles. The second-order valence-electron chi connectivity index (χ2n) is 9.61. The van der Waals surface area contributed by atoms with E-state index < -0.39 is 6.04 Å². The zero-order chi connectivity index (χ0) is 21.7. The molecular weight excluding hydrogens is 402 g/mol. The van der Waals surface area contributed by atoms with Crippen molar-refractivity contribution in [2.24, 2.45) is 5.41 Å². The minimum Gasteiger partial charge on any atom is -0.489 e. The van der Waals surface area contributed by atoms with E-state index in [1.54, 1.807) is 18.2 Å². The fourth-order valence-corrected chi connectivity index (χ4v) is 4.32. The smallest absolute Gasteiger partial charge is 0.251 e. The van der Waals surface area contributed by atoms with E-state index in [0.29, 0.717) is 34.7 Å². The first-order valence-corrected chi connectivity index (χ1v) is 11.4. The molecule has 2 N–H and O–H groups in total. The van der Waals surface area contributed by atoms with Gasteiger partial charge in [-0.3, -0.25) is 9.59 Å². The molecule has 166 valence electrons. The van der Waals surface area contributed by atoms with E-state index >= 15 is 0 Å². The molecule has 0 spiro atoms. The highest BCUT2D eigenvalue weighted by Crippen LogP contribution is 2.29. The Morgan fingerprint density at radius 2 is 1.97 bits per heavy atom. The van der Waals surface area contributed by atoms with Crippen molar-refractivity contribution in [2.75, 3.05) is 26.2 Å². The van der Waals surface area contributed by atoms with Gasteiger partial charge in [-0.05, 0) is 55.7 Å². The van der Waals surface area contributed by atoms with Crippen LogP contribution in [0, 0.1) is 5.41 Å². The Morgan fingerprint density at radius 3 is 2.63 bits per heavy atom. The molecule has 0 radical (unpaired) electrons. The maximum absolute atomic E-state index is 12.6. The van der Waals surface area contributed by atoms with E-state index in [1.807, 2.05) is 0 Å². The lowest BCUT2D eigenvalue weighted by molar-refractivity contribution is -0.122. The van der Waals surface area contributed by atoms with Gasteiger partial charge in [0.15, 0.2) is 0 Å². The van der Waals surface area contributed by atoms with Crippen LogP contribution in [0.15, 0.2) is 18.2 Å². The van der Waals surface area contributed by atoms with Crippen LogP contribution in [0.1, 0.15) is 63.2 Å². The van der Waals surface area contributed by atoms with E-state index in [1.165, 1.54) is 0 Å². The van der Waals surface area contributed by atoms with Gasteiger partial charge in [0, 0.05) is 31.7 Å². The van der Waals surface area contributed by atoms with Crippen LogP contribution in [0.25, 0.3) is 0 Å². The SMILES string of the molecule is CC(C)(C)CN1CCC(Oc2ccc(C(=O)N[C@H]3CCCCNC3=O)cc2Cl)CC1. The summed E-state index contributed by atoms with van der Waals surface area (Å²) in [5, 5.41) is 6.07. The predicted octanol–water partition coefficient (Wildman–Crippen LogP) is 3.63. The Balaban J connectivity index is 1.54. The predicted molar refractivity (Wildman–Crippen MR) is 119 cm³/mol.